The van der Waals surface area contributed by atoms with Crippen LogP contribution in [0.4, 0.5) is 24.5 Å². The van der Waals surface area contributed by atoms with Crippen LogP contribution in [0.1, 0.15) is 15.9 Å². The first kappa shape index (κ1) is 24.9. The number of ether oxygens (including phenoxy) is 2. The molecule has 0 bridgehead atoms. The molecular formula is C23H21F3N2O5S. The summed E-state index contributed by atoms with van der Waals surface area (Å²) in [5.41, 5.74) is -0.497. The summed E-state index contributed by atoms with van der Waals surface area (Å²) in [6.07, 6.45) is -4.54. The highest BCUT2D eigenvalue weighted by atomic mass is 32.2. The van der Waals surface area contributed by atoms with E-state index in [2.05, 4.69) is 5.32 Å². The fraction of sp³-hybridized carbons (Fsp3) is 0.174. The molecule has 1 N–H and O–H groups in total. The highest BCUT2D eigenvalue weighted by Crippen LogP contribution is 2.32. The predicted octanol–water partition coefficient (Wildman–Crippen LogP) is 4.80. The number of hydrogen-bond donors (Lipinski definition) is 1. The topological polar surface area (TPSA) is 84.9 Å². The van der Waals surface area contributed by atoms with Crippen molar-refractivity contribution in [3.8, 4) is 11.5 Å². The van der Waals surface area contributed by atoms with E-state index in [1.165, 1.54) is 75.9 Å². The average molecular weight is 494 g/mol. The number of hydrogen-bond acceptors (Lipinski definition) is 5. The standard InChI is InChI=1S/C23H21F3N2O5S/c1-28(34(30,31)19-11-12-20(32-2)21(14-19)33-3)18-9-7-15(8-10-18)22(29)27-17-6-4-5-16(13-17)23(24,25)26/h4-14H,1-3H3,(H,27,29). The summed E-state index contributed by atoms with van der Waals surface area (Å²) in [6, 6.07) is 14.0. The van der Waals surface area contributed by atoms with Gasteiger partial charge in [0.1, 0.15) is 0 Å². The quantitative estimate of drug-likeness (QED) is 0.510. The Morgan fingerprint density at radius 3 is 2.15 bits per heavy atom. The molecule has 0 spiro atoms. The van der Waals surface area contributed by atoms with Crippen molar-refractivity contribution in [2.24, 2.45) is 0 Å². The minimum absolute atomic E-state index is 0.0166. The summed E-state index contributed by atoms with van der Waals surface area (Å²) in [4.78, 5) is 12.4. The molecule has 3 rings (SSSR count). The maximum Gasteiger partial charge on any atom is 0.416 e. The number of rotatable bonds is 7. The van der Waals surface area contributed by atoms with Crippen molar-refractivity contribution in [2.45, 2.75) is 11.1 Å². The van der Waals surface area contributed by atoms with Crippen LogP contribution >= 0.6 is 0 Å². The van der Waals surface area contributed by atoms with Gasteiger partial charge in [0.25, 0.3) is 15.9 Å². The monoisotopic (exact) mass is 494 g/mol. The Morgan fingerprint density at radius 2 is 1.56 bits per heavy atom. The number of sulfonamides is 1. The van der Waals surface area contributed by atoms with Crippen LogP contribution in [-0.2, 0) is 16.2 Å². The molecule has 3 aromatic carbocycles. The number of alkyl halides is 3. The van der Waals surface area contributed by atoms with Crippen molar-refractivity contribution in [1.29, 1.82) is 0 Å². The molecule has 0 unspecified atom stereocenters. The van der Waals surface area contributed by atoms with E-state index in [4.69, 9.17) is 9.47 Å². The second-order valence-electron chi connectivity index (χ2n) is 7.07. The Labute approximate surface area is 194 Å². The third-order valence-corrected chi connectivity index (χ3v) is 6.74. The molecular weight excluding hydrogens is 473 g/mol. The van der Waals surface area contributed by atoms with Gasteiger partial charge in [-0.15, -0.1) is 0 Å². The summed E-state index contributed by atoms with van der Waals surface area (Å²) < 4.78 is 76.0. The van der Waals surface area contributed by atoms with Gasteiger partial charge in [-0.1, -0.05) is 6.07 Å². The van der Waals surface area contributed by atoms with Gasteiger partial charge in [-0.05, 0) is 54.6 Å². The van der Waals surface area contributed by atoms with Crippen LogP contribution < -0.4 is 19.1 Å². The molecule has 0 saturated carbocycles. The van der Waals surface area contributed by atoms with Crippen molar-refractivity contribution in [3.63, 3.8) is 0 Å². The zero-order valence-corrected chi connectivity index (χ0v) is 19.2. The van der Waals surface area contributed by atoms with Crippen LogP contribution in [0.3, 0.4) is 0 Å². The van der Waals surface area contributed by atoms with E-state index in [-0.39, 0.29) is 27.6 Å². The van der Waals surface area contributed by atoms with Crippen molar-refractivity contribution in [1.82, 2.24) is 0 Å². The lowest BCUT2D eigenvalue weighted by atomic mass is 10.1. The second kappa shape index (κ2) is 9.64. The molecule has 1 amide bonds. The third kappa shape index (κ3) is 5.25. The smallest absolute Gasteiger partial charge is 0.416 e. The first-order valence-corrected chi connectivity index (χ1v) is 11.2. The molecule has 34 heavy (non-hydrogen) atoms. The van der Waals surface area contributed by atoms with Gasteiger partial charge in [0.15, 0.2) is 11.5 Å². The van der Waals surface area contributed by atoms with Gasteiger partial charge in [-0.3, -0.25) is 9.10 Å². The Balaban J connectivity index is 1.79. The van der Waals surface area contributed by atoms with Gasteiger partial charge in [-0.25, -0.2) is 8.42 Å². The number of anilines is 2. The molecule has 0 aliphatic heterocycles. The second-order valence-corrected chi connectivity index (χ2v) is 9.04. The summed E-state index contributed by atoms with van der Waals surface area (Å²) in [5, 5.41) is 2.40. The number of halogens is 3. The number of methoxy groups -OCH3 is 2. The van der Waals surface area contributed by atoms with Crippen LogP contribution in [0.15, 0.2) is 71.6 Å². The van der Waals surface area contributed by atoms with Crippen molar-refractivity contribution in [3.05, 3.63) is 77.9 Å². The van der Waals surface area contributed by atoms with Gasteiger partial charge in [0, 0.05) is 24.4 Å². The largest absolute Gasteiger partial charge is 0.493 e. The number of carbonyl (C=O) groups excluding carboxylic acids is 1. The van der Waals surface area contributed by atoms with Gasteiger partial charge in [0.05, 0.1) is 30.4 Å². The van der Waals surface area contributed by atoms with Crippen LogP contribution in [0.5, 0.6) is 11.5 Å². The number of carbonyl (C=O) groups is 1. The average Bonchev–Trinajstić information content (AvgIpc) is 2.82. The zero-order chi connectivity index (χ0) is 25.1. The third-order valence-electron chi connectivity index (χ3n) is 4.95. The van der Waals surface area contributed by atoms with Crippen LogP contribution in [0.2, 0.25) is 0 Å². The molecule has 0 heterocycles. The van der Waals surface area contributed by atoms with Crippen molar-refractivity contribution in [2.75, 3.05) is 30.9 Å². The minimum Gasteiger partial charge on any atom is -0.493 e. The molecule has 7 nitrogen and oxygen atoms in total. The minimum atomic E-state index is -4.54. The van der Waals surface area contributed by atoms with E-state index in [0.717, 1.165) is 16.4 Å². The lowest BCUT2D eigenvalue weighted by Crippen LogP contribution is -2.26. The molecule has 0 fully saturated rings. The number of benzene rings is 3. The molecule has 0 atom stereocenters. The highest BCUT2D eigenvalue weighted by molar-refractivity contribution is 7.92. The Kier molecular flexibility index (Phi) is 7.06. The van der Waals surface area contributed by atoms with Gasteiger partial charge in [-0.2, -0.15) is 13.2 Å². The van der Waals surface area contributed by atoms with E-state index in [0.29, 0.717) is 5.75 Å². The summed E-state index contributed by atoms with van der Waals surface area (Å²) in [7, 11) is 0.215. The van der Waals surface area contributed by atoms with Crippen molar-refractivity contribution >= 4 is 27.3 Å². The fourth-order valence-electron chi connectivity index (χ4n) is 3.07. The van der Waals surface area contributed by atoms with E-state index >= 15 is 0 Å². The lowest BCUT2D eigenvalue weighted by Gasteiger charge is -2.20. The van der Waals surface area contributed by atoms with Gasteiger partial charge in [0.2, 0.25) is 0 Å². The van der Waals surface area contributed by atoms with E-state index in [9.17, 15) is 26.4 Å². The maximum absolute atomic E-state index is 13.0. The van der Waals surface area contributed by atoms with E-state index in [1.807, 2.05) is 0 Å². The first-order chi connectivity index (χ1) is 16.0. The number of amides is 1. The maximum atomic E-state index is 13.0. The van der Waals surface area contributed by atoms with Crippen LogP contribution in [0.25, 0.3) is 0 Å². The predicted molar refractivity (Wildman–Crippen MR) is 121 cm³/mol. The molecule has 180 valence electrons. The SMILES string of the molecule is COc1ccc(S(=O)(=O)N(C)c2ccc(C(=O)Nc3cccc(C(F)(F)F)c3)cc2)cc1OC. The molecule has 0 aliphatic rings. The Hall–Kier alpha value is -3.73. The summed E-state index contributed by atoms with van der Waals surface area (Å²) in [6.45, 7) is 0. The lowest BCUT2D eigenvalue weighted by molar-refractivity contribution is -0.137. The van der Waals surface area contributed by atoms with Gasteiger partial charge < -0.3 is 14.8 Å². The number of nitrogens with one attached hydrogen (secondary N) is 1. The normalized spacial score (nSPS) is 11.6. The van der Waals surface area contributed by atoms with Crippen LogP contribution in [0, 0.1) is 0 Å². The molecule has 3 aromatic rings. The molecule has 0 aliphatic carbocycles. The summed E-state index contributed by atoms with van der Waals surface area (Å²) >= 11 is 0. The van der Waals surface area contributed by atoms with Gasteiger partial charge >= 0.3 is 6.18 Å². The fourth-order valence-corrected chi connectivity index (χ4v) is 4.28. The molecule has 0 radical (unpaired) electrons. The van der Waals surface area contributed by atoms with Crippen LogP contribution in [-0.4, -0.2) is 35.6 Å². The highest BCUT2D eigenvalue weighted by Gasteiger charge is 2.30. The Morgan fingerprint density at radius 1 is 0.912 bits per heavy atom. The number of nitrogens with zero attached hydrogens (tertiary/aromatic N) is 1. The van der Waals surface area contributed by atoms with E-state index < -0.39 is 27.7 Å². The molecule has 0 saturated heterocycles. The van der Waals surface area contributed by atoms with E-state index in [1.54, 1.807) is 0 Å². The first-order valence-electron chi connectivity index (χ1n) is 9.77. The molecule has 0 aromatic heterocycles. The Bertz CT molecular complexity index is 1290. The van der Waals surface area contributed by atoms with Crippen molar-refractivity contribution < 1.29 is 35.9 Å². The summed E-state index contributed by atoms with van der Waals surface area (Å²) in [5.74, 6) is -0.0184. The zero-order valence-electron chi connectivity index (χ0n) is 18.4. The molecule has 11 heteroatoms.